The third-order valence-electron chi connectivity index (χ3n) is 3.06. The molecule has 1 heterocycles. The van der Waals surface area contributed by atoms with Gasteiger partial charge < -0.3 is 5.73 Å². The molecule has 0 saturated carbocycles. The van der Waals surface area contributed by atoms with Crippen LogP contribution in [-0.2, 0) is 6.54 Å². The number of hydrogen-bond donors (Lipinski definition) is 1. The predicted molar refractivity (Wildman–Crippen MR) is 77.6 cm³/mol. The molecule has 100 valence electrons. The number of nitrogens with zero attached hydrogens (tertiary/aromatic N) is 2. The van der Waals surface area contributed by atoms with E-state index in [4.69, 9.17) is 5.73 Å². The van der Waals surface area contributed by atoms with Gasteiger partial charge >= 0.3 is 0 Å². The monoisotopic (exact) mass is 267 g/mol. The first-order valence-corrected chi connectivity index (χ1v) is 6.33. The molecule has 3 nitrogen and oxygen atoms in total. The van der Waals surface area contributed by atoms with E-state index in [0.29, 0.717) is 12.2 Å². The minimum atomic E-state index is -0.324. The van der Waals surface area contributed by atoms with E-state index in [9.17, 15) is 4.39 Å². The molecule has 0 saturated heterocycles. The van der Waals surface area contributed by atoms with Crippen LogP contribution in [0.25, 0.3) is 11.1 Å². The molecular formula is C16H14FN3. The van der Waals surface area contributed by atoms with Crippen LogP contribution in [0.3, 0.4) is 0 Å². The summed E-state index contributed by atoms with van der Waals surface area (Å²) in [4.78, 5) is 0. The summed E-state index contributed by atoms with van der Waals surface area (Å²) in [6, 6.07) is 14.5. The Kier molecular flexibility index (Phi) is 3.21. The van der Waals surface area contributed by atoms with Crippen LogP contribution in [0.4, 0.5) is 10.1 Å². The van der Waals surface area contributed by atoms with Gasteiger partial charge in [-0.1, -0.05) is 30.3 Å². The van der Waals surface area contributed by atoms with Crippen LogP contribution in [0, 0.1) is 5.82 Å². The van der Waals surface area contributed by atoms with Gasteiger partial charge in [0, 0.05) is 17.4 Å². The second kappa shape index (κ2) is 5.17. The fraction of sp³-hybridized carbons (Fsp3) is 0.0625. The normalized spacial score (nSPS) is 10.7. The molecule has 1 aromatic heterocycles. The van der Waals surface area contributed by atoms with Crippen LogP contribution in [0.5, 0.6) is 0 Å². The lowest BCUT2D eigenvalue weighted by Gasteiger charge is -2.03. The predicted octanol–water partition coefficient (Wildman–Crippen LogP) is 3.32. The van der Waals surface area contributed by atoms with Crippen LogP contribution in [-0.4, -0.2) is 9.78 Å². The molecule has 0 spiro atoms. The summed E-state index contributed by atoms with van der Waals surface area (Å²) in [5.41, 5.74) is 9.01. The van der Waals surface area contributed by atoms with Crippen LogP contribution >= 0.6 is 0 Å². The van der Waals surface area contributed by atoms with Gasteiger partial charge in [-0.3, -0.25) is 4.68 Å². The lowest BCUT2D eigenvalue weighted by Crippen LogP contribution is -2.01. The molecule has 0 atom stereocenters. The summed E-state index contributed by atoms with van der Waals surface area (Å²) in [6.07, 6.45) is 3.74. The van der Waals surface area contributed by atoms with E-state index in [2.05, 4.69) is 5.10 Å². The quantitative estimate of drug-likeness (QED) is 0.740. The first kappa shape index (κ1) is 12.4. The minimum Gasteiger partial charge on any atom is -0.399 e. The van der Waals surface area contributed by atoms with Crippen molar-refractivity contribution >= 4 is 5.69 Å². The summed E-state index contributed by atoms with van der Waals surface area (Å²) in [5, 5.41) is 4.30. The summed E-state index contributed by atoms with van der Waals surface area (Å²) in [6.45, 7) is 0.495. The van der Waals surface area contributed by atoms with Crippen LogP contribution in [0.15, 0.2) is 60.9 Å². The molecule has 3 aromatic rings. The molecule has 2 aromatic carbocycles. The topological polar surface area (TPSA) is 43.8 Å². The Morgan fingerprint density at radius 1 is 1.05 bits per heavy atom. The van der Waals surface area contributed by atoms with Gasteiger partial charge in [0.25, 0.3) is 0 Å². The zero-order chi connectivity index (χ0) is 13.9. The number of aromatic nitrogens is 2. The number of hydrogen-bond acceptors (Lipinski definition) is 2. The highest BCUT2D eigenvalue weighted by Crippen LogP contribution is 2.18. The number of halogens is 1. The molecule has 0 fully saturated rings. The standard InChI is InChI=1S/C16H14FN3/c17-15-6-12(7-16(18)8-15)10-20-11-14(9-19-20)13-4-2-1-3-5-13/h1-9,11H,10,18H2. The smallest absolute Gasteiger partial charge is 0.125 e. The second-order valence-corrected chi connectivity index (χ2v) is 4.69. The van der Waals surface area contributed by atoms with Crippen LogP contribution in [0.1, 0.15) is 5.56 Å². The van der Waals surface area contributed by atoms with E-state index >= 15 is 0 Å². The first-order valence-electron chi connectivity index (χ1n) is 6.33. The summed E-state index contributed by atoms with van der Waals surface area (Å²) >= 11 is 0. The first-order chi connectivity index (χ1) is 9.70. The Balaban J connectivity index is 1.84. The van der Waals surface area contributed by atoms with Crippen molar-refractivity contribution < 1.29 is 4.39 Å². The maximum atomic E-state index is 13.3. The Labute approximate surface area is 116 Å². The van der Waals surface area contributed by atoms with Crippen molar-refractivity contribution in [3.63, 3.8) is 0 Å². The van der Waals surface area contributed by atoms with Gasteiger partial charge in [-0.15, -0.1) is 0 Å². The number of benzene rings is 2. The van der Waals surface area contributed by atoms with Crippen LogP contribution < -0.4 is 5.73 Å². The van der Waals surface area contributed by atoms with Gasteiger partial charge in [0.1, 0.15) is 5.82 Å². The van der Waals surface area contributed by atoms with E-state index in [-0.39, 0.29) is 5.82 Å². The molecular weight excluding hydrogens is 253 g/mol. The molecule has 3 rings (SSSR count). The zero-order valence-electron chi connectivity index (χ0n) is 10.8. The van der Waals surface area contributed by atoms with E-state index in [1.54, 1.807) is 16.9 Å². The van der Waals surface area contributed by atoms with Crippen molar-refractivity contribution in [2.24, 2.45) is 0 Å². The molecule has 0 unspecified atom stereocenters. The highest BCUT2D eigenvalue weighted by Gasteiger charge is 2.03. The number of rotatable bonds is 3. The van der Waals surface area contributed by atoms with Crippen molar-refractivity contribution in [3.8, 4) is 11.1 Å². The van der Waals surface area contributed by atoms with Crippen molar-refractivity contribution in [3.05, 3.63) is 72.3 Å². The van der Waals surface area contributed by atoms with Gasteiger partial charge in [-0.25, -0.2) is 4.39 Å². The Morgan fingerprint density at radius 2 is 1.85 bits per heavy atom. The number of anilines is 1. The van der Waals surface area contributed by atoms with Gasteiger partial charge in [-0.2, -0.15) is 5.10 Å². The highest BCUT2D eigenvalue weighted by molar-refractivity contribution is 5.61. The Bertz CT molecular complexity index is 699. The molecule has 4 heteroatoms. The average molecular weight is 267 g/mol. The molecule has 0 aliphatic carbocycles. The molecule has 0 aliphatic heterocycles. The third kappa shape index (κ3) is 2.69. The fourth-order valence-electron chi connectivity index (χ4n) is 2.18. The van der Waals surface area contributed by atoms with Gasteiger partial charge in [-0.05, 0) is 29.3 Å². The summed E-state index contributed by atoms with van der Waals surface area (Å²) < 4.78 is 15.1. The summed E-state index contributed by atoms with van der Waals surface area (Å²) in [5.74, 6) is -0.324. The van der Waals surface area contributed by atoms with Crippen molar-refractivity contribution in [1.82, 2.24) is 9.78 Å². The van der Waals surface area contributed by atoms with E-state index in [0.717, 1.165) is 16.7 Å². The van der Waals surface area contributed by atoms with E-state index < -0.39 is 0 Å². The lowest BCUT2D eigenvalue weighted by atomic mass is 10.1. The molecule has 0 bridgehead atoms. The molecule has 0 amide bonds. The Hall–Kier alpha value is -2.62. The van der Waals surface area contributed by atoms with Crippen molar-refractivity contribution in [2.45, 2.75) is 6.54 Å². The fourth-order valence-corrected chi connectivity index (χ4v) is 2.18. The minimum absolute atomic E-state index is 0.324. The molecule has 20 heavy (non-hydrogen) atoms. The van der Waals surface area contributed by atoms with Crippen molar-refractivity contribution in [2.75, 3.05) is 5.73 Å². The SMILES string of the molecule is Nc1cc(F)cc(Cn2cc(-c3ccccc3)cn2)c1. The maximum absolute atomic E-state index is 13.3. The Morgan fingerprint density at radius 3 is 2.60 bits per heavy atom. The maximum Gasteiger partial charge on any atom is 0.125 e. The second-order valence-electron chi connectivity index (χ2n) is 4.69. The number of nitrogens with two attached hydrogens (primary N) is 1. The lowest BCUT2D eigenvalue weighted by molar-refractivity contribution is 0.620. The van der Waals surface area contributed by atoms with E-state index in [1.165, 1.54) is 12.1 Å². The molecule has 0 radical (unpaired) electrons. The molecule has 0 aliphatic rings. The average Bonchev–Trinajstić information content (AvgIpc) is 2.87. The van der Waals surface area contributed by atoms with Crippen molar-refractivity contribution in [1.29, 1.82) is 0 Å². The number of nitrogen functional groups attached to an aromatic ring is 1. The van der Waals surface area contributed by atoms with E-state index in [1.807, 2.05) is 36.5 Å². The van der Waals surface area contributed by atoms with Gasteiger partial charge in [0.05, 0.1) is 12.7 Å². The van der Waals surface area contributed by atoms with Gasteiger partial charge in [0.15, 0.2) is 0 Å². The summed E-state index contributed by atoms with van der Waals surface area (Å²) in [7, 11) is 0. The zero-order valence-corrected chi connectivity index (χ0v) is 10.8. The van der Waals surface area contributed by atoms with Crippen LogP contribution in [0.2, 0.25) is 0 Å². The third-order valence-corrected chi connectivity index (χ3v) is 3.06. The van der Waals surface area contributed by atoms with Gasteiger partial charge in [0.2, 0.25) is 0 Å². The molecule has 2 N–H and O–H groups in total. The highest BCUT2D eigenvalue weighted by atomic mass is 19.1. The largest absolute Gasteiger partial charge is 0.399 e.